The molecule has 0 radical (unpaired) electrons. The molecule has 0 aliphatic carbocycles. The van der Waals surface area contributed by atoms with Crippen molar-refractivity contribution in [3.05, 3.63) is 70.7 Å². The van der Waals surface area contributed by atoms with Gasteiger partial charge in [-0.25, -0.2) is 9.97 Å². The minimum atomic E-state index is 0.372. The number of fused-ring (bicyclic) bond motifs is 1. The SMILES string of the molecule is c1ccc([C@H]2Cn3ccnc3CN2Cc2nccs2)cc1. The van der Waals surface area contributed by atoms with E-state index in [2.05, 4.69) is 56.0 Å². The number of imidazole rings is 1. The molecule has 1 aliphatic rings. The Labute approximate surface area is 127 Å². The van der Waals surface area contributed by atoms with Gasteiger partial charge in [0.2, 0.25) is 0 Å². The molecule has 1 aromatic carbocycles. The molecule has 4 rings (SSSR count). The van der Waals surface area contributed by atoms with Crippen LogP contribution in [0.25, 0.3) is 0 Å². The predicted molar refractivity (Wildman–Crippen MR) is 82.8 cm³/mol. The van der Waals surface area contributed by atoms with E-state index in [0.29, 0.717) is 6.04 Å². The monoisotopic (exact) mass is 296 g/mol. The Bertz CT molecular complexity index is 705. The lowest BCUT2D eigenvalue weighted by Gasteiger charge is -2.36. The van der Waals surface area contributed by atoms with E-state index in [9.17, 15) is 0 Å². The zero-order valence-electron chi connectivity index (χ0n) is 11.6. The predicted octanol–water partition coefficient (Wildman–Crippen LogP) is 3.10. The van der Waals surface area contributed by atoms with Gasteiger partial charge in [0.25, 0.3) is 0 Å². The van der Waals surface area contributed by atoms with Crippen molar-refractivity contribution in [3.8, 4) is 0 Å². The van der Waals surface area contributed by atoms with Crippen LogP contribution in [0.4, 0.5) is 0 Å². The van der Waals surface area contributed by atoms with Crippen molar-refractivity contribution >= 4 is 11.3 Å². The fourth-order valence-electron chi connectivity index (χ4n) is 2.91. The average Bonchev–Trinajstić information content (AvgIpc) is 3.18. The normalized spacial score (nSPS) is 18.6. The highest BCUT2D eigenvalue weighted by molar-refractivity contribution is 7.09. The van der Waals surface area contributed by atoms with Crippen LogP contribution >= 0.6 is 11.3 Å². The molecule has 4 nitrogen and oxygen atoms in total. The van der Waals surface area contributed by atoms with Crippen molar-refractivity contribution in [2.24, 2.45) is 0 Å². The summed E-state index contributed by atoms with van der Waals surface area (Å²) in [6.45, 7) is 2.70. The number of benzene rings is 1. The molecular formula is C16H16N4S. The molecule has 2 aromatic heterocycles. The summed E-state index contributed by atoms with van der Waals surface area (Å²) < 4.78 is 2.26. The number of rotatable bonds is 3. The summed E-state index contributed by atoms with van der Waals surface area (Å²) in [5.74, 6) is 1.14. The fourth-order valence-corrected chi connectivity index (χ4v) is 3.55. The lowest BCUT2D eigenvalue weighted by molar-refractivity contribution is 0.128. The summed E-state index contributed by atoms with van der Waals surface area (Å²) in [6.07, 6.45) is 5.85. The number of thiazole rings is 1. The maximum Gasteiger partial charge on any atom is 0.122 e. The first-order valence-corrected chi connectivity index (χ1v) is 7.95. The Hall–Kier alpha value is -1.98. The maximum atomic E-state index is 4.47. The van der Waals surface area contributed by atoms with Crippen LogP contribution in [-0.4, -0.2) is 19.4 Å². The van der Waals surface area contributed by atoms with E-state index >= 15 is 0 Å². The highest BCUT2D eigenvalue weighted by atomic mass is 32.1. The van der Waals surface area contributed by atoms with Crippen LogP contribution in [0.2, 0.25) is 0 Å². The second-order valence-corrected chi connectivity index (χ2v) is 6.23. The molecule has 3 heterocycles. The molecule has 0 saturated heterocycles. The van der Waals surface area contributed by atoms with Gasteiger partial charge in [-0.15, -0.1) is 11.3 Å². The third-order valence-corrected chi connectivity index (χ3v) is 4.73. The highest BCUT2D eigenvalue weighted by Crippen LogP contribution is 2.30. The molecule has 106 valence electrons. The van der Waals surface area contributed by atoms with Crippen LogP contribution < -0.4 is 0 Å². The fraction of sp³-hybridized carbons (Fsp3) is 0.250. The summed E-state index contributed by atoms with van der Waals surface area (Å²) in [5, 5.41) is 3.20. The smallest absolute Gasteiger partial charge is 0.122 e. The van der Waals surface area contributed by atoms with E-state index in [0.717, 1.165) is 30.5 Å². The molecule has 1 atom stereocenters. The van der Waals surface area contributed by atoms with Gasteiger partial charge in [0.15, 0.2) is 0 Å². The van der Waals surface area contributed by atoms with Gasteiger partial charge < -0.3 is 4.57 Å². The van der Waals surface area contributed by atoms with Crippen molar-refractivity contribution in [1.29, 1.82) is 0 Å². The van der Waals surface area contributed by atoms with Crippen molar-refractivity contribution in [2.75, 3.05) is 0 Å². The van der Waals surface area contributed by atoms with Gasteiger partial charge >= 0.3 is 0 Å². The molecule has 0 amide bonds. The van der Waals surface area contributed by atoms with Crippen LogP contribution in [0.15, 0.2) is 54.3 Å². The third kappa shape index (κ3) is 2.50. The van der Waals surface area contributed by atoms with Gasteiger partial charge in [-0.3, -0.25) is 4.90 Å². The quantitative estimate of drug-likeness (QED) is 0.745. The van der Waals surface area contributed by atoms with Crippen LogP contribution in [0.5, 0.6) is 0 Å². The second kappa shape index (κ2) is 5.42. The van der Waals surface area contributed by atoms with E-state index in [4.69, 9.17) is 0 Å². The summed E-state index contributed by atoms with van der Waals surface area (Å²) in [4.78, 5) is 11.4. The van der Waals surface area contributed by atoms with Crippen LogP contribution in [0.1, 0.15) is 22.4 Å². The van der Waals surface area contributed by atoms with Gasteiger partial charge in [-0.2, -0.15) is 0 Å². The number of hydrogen-bond acceptors (Lipinski definition) is 4. The Balaban J connectivity index is 1.67. The van der Waals surface area contributed by atoms with E-state index in [1.807, 2.05) is 17.8 Å². The van der Waals surface area contributed by atoms with Crippen molar-refractivity contribution < 1.29 is 0 Å². The van der Waals surface area contributed by atoms with E-state index in [1.165, 1.54) is 5.56 Å². The maximum absolute atomic E-state index is 4.47. The minimum absolute atomic E-state index is 0.372. The summed E-state index contributed by atoms with van der Waals surface area (Å²) in [7, 11) is 0. The average molecular weight is 296 g/mol. The third-order valence-electron chi connectivity index (χ3n) is 3.96. The molecule has 0 saturated carbocycles. The Morgan fingerprint density at radius 1 is 1.14 bits per heavy atom. The number of hydrogen-bond donors (Lipinski definition) is 0. The highest BCUT2D eigenvalue weighted by Gasteiger charge is 2.28. The van der Waals surface area contributed by atoms with E-state index < -0.39 is 0 Å². The van der Waals surface area contributed by atoms with Crippen LogP contribution in [0, 0.1) is 0 Å². The molecule has 0 bridgehead atoms. The molecule has 5 heteroatoms. The molecule has 1 aliphatic heterocycles. The zero-order chi connectivity index (χ0) is 14.1. The van der Waals surface area contributed by atoms with E-state index in [1.54, 1.807) is 11.3 Å². The van der Waals surface area contributed by atoms with Crippen LogP contribution in [0.3, 0.4) is 0 Å². The number of aromatic nitrogens is 3. The summed E-state index contributed by atoms with van der Waals surface area (Å²) >= 11 is 1.72. The Morgan fingerprint density at radius 2 is 2.05 bits per heavy atom. The van der Waals surface area contributed by atoms with Gasteiger partial charge in [0.1, 0.15) is 10.8 Å². The van der Waals surface area contributed by atoms with Gasteiger partial charge in [0.05, 0.1) is 19.1 Å². The van der Waals surface area contributed by atoms with Crippen LogP contribution in [-0.2, 0) is 19.6 Å². The zero-order valence-corrected chi connectivity index (χ0v) is 12.4. The lowest BCUT2D eigenvalue weighted by Crippen LogP contribution is -2.36. The van der Waals surface area contributed by atoms with Gasteiger partial charge in [0, 0.05) is 30.5 Å². The number of nitrogens with zero attached hydrogens (tertiary/aromatic N) is 4. The lowest BCUT2D eigenvalue weighted by atomic mass is 10.0. The molecule has 0 N–H and O–H groups in total. The minimum Gasteiger partial charge on any atom is -0.332 e. The summed E-state index contributed by atoms with van der Waals surface area (Å²) in [6, 6.07) is 11.1. The molecule has 0 spiro atoms. The summed E-state index contributed by atoms with van der Waals surface area (Å²) in [5.41, 5.74) is 1.36. The topological polar surface area (TPSA) is 34.0 Å². The first-order valence-electron chi connectivity index (χ1n) is 7.07. The van der Waals surface area contributed by atoms with Crippen molar-refractivity contribution in [1.82, 2.24) is 19.4 Å². The largest absolute Gasteiger partial charge is 0.332 e. The first-order chi connectivity index (χ1) is 10.4. The van der Waals surface area contributed by atoms with Gasteiger partial charge in [-0.1, -0.05) is 30.3 Å². The second-order valence-electron chi connectivity index (χ2n) is 5.25. The molecule has 0 unspecified atom stereocenters. The molecule has 0 fully saturated rings. The standard InChI is InChI=1S/C16H16N4S/c1-2-4-13(5-3-1)14-10-19-8-6-17-15(19)11-20(14)12-16-18-7-9-21-16/h1-9,14H,10-12H2/t14-/m1/s1. The Morgan fingerprint density at radius 3 is 2.86 bits per heavy atom. The molecule has 3 aromatic rings. The van der Waals surface area contributed by atoms with Crippen molar-refractivity contribution in [2.45, 2.75) is 25.7 Å². The van der Waals surface area contributed by atoms with E-state index in [-0.39, 0.29) is 0 Å². The first kappa shape index (κ1) is 12.7. The molecule has 21 heavy (non-hydrogen) atoms. The molecular weight excluding hydrogens is 280 g/mol. The van der Waals surface area contributed by atoms with Gasteiger partial charge in [-0.05, 0) is 5.56 Å². The van der Waals surface area contributed by atoms with Crippen molar-refractivity contribution in [3.63, 3.8) is 0 Å². The Kier molecular flexibility index (Phi) is 3.29.